The molecular weight excluding hydrogens is 1400 g/mol. The summed E-state index contributed by atoms with van der Waals surface area (Å²) in [7, 11) is 0. The number of aliphatic carboxylic acids is 1. The van der Waals surface area contributed by atoms with Crippen molar-refractivity contribution >= 4 is 53.8 Å². The Hall–Kier alpha value is -10.2. The van der Waals surface area contributed by atoms with E-state index in [1.807, 2.05) is 0 Å². The van der Waals surface area contributed by atoms with Crippen LogP contribution in [0.5, 0.6) is 51.7 Å². The Morgan fingerprint density at radius 1 is 0.400 bits per heavy atom. The highest BCUT2D eigenvalue weighted by Gasteiger charge is 2.50. The molecule has 564 valence electrons. The standard InChI is InChI=1S/C69H72O36/c70-33-10-1-29(2-11-33)6-16-49(77)93-25-44-53(81)57(85)61(89)66(102-44)97-35-21-38(73)36-23-43(101-69-64(92)60(88)56(84)47(105-69)28-96-52(80)24-48(75)76)65(98-41(36)22-35)32-9-14-37(72)42(20-32)100-68-63(91)59(87)55(83)46(104-68)27-95-51(79)18-8-31-5-15-40(39(74)19-31)99-67-62(90)58(86)54(82)45(103-67)26-94-50(78)17-7-30-3-12-34(71)13-4-30/h1-22,44-47,53-64,66-74,81-92H,23-28H2,(H,75,76). The quantitative estimate of drug-likeness (QED) is 0.0126. The maximum atomic E-state index is 13.1. The van der Waals surface area contributed by atoms with E-state index < -0.39 is 221 Å². The van der Waals surface area contributed by atoms with E-state index in [2.05, 4.69) is 0 Å². The van der Waals surface area contributed by atoms with Crippen molar-refractivity contribution in [1.29, 1.82) is 0 Å². The van der Waals surface area contributed by atoms with Crippen molar-refractivity contribution in [3.8, 4) is 51.7 Å². The fourth-order valence-corrected chi connectivity index (χ4v) is 10.9. The summed E-state index contributed by atoms with van der Waals surface area (Å²) in [4.78, 5) is 61.4. The van der Waals surface area contributed by atoms with Crippen LogP contribution in [0, 0.1) is 0 Å². The Morgan fingerprint density at radius 2 is 0.810 bits per heavy atom. The first-order chi connectivity index (χ1) is 50.0. The van der Waals surface area contributed by atoms with Crippen molar-refractivity contribution in [1.82, 2.24) is 0 Å². The van der Waals surface area contributed by atoms with Gasteiger partial charge in [0.15, 0.2) is 28.8 Å². The molecule has 4 saturated heterocycles. The molecular formula is C69H72O36. The van der Waals surface area contributed by atoms with E-state index in [1.165, 1.54) is 78.9 Å². The summed E-state index contributed by atoms with van der Waals surface area (Å²) in [5, 5.41) is 192. The molecule has 5 heterocycles. The van der Waals surface area contributed by atoms with Crippen molar-refractivity contribution in [2.45, 2.75) is 136 Å². The number of carbonyl (C=O) groups excluding carboxylic acids is 4. The molecule has 4 fully saturated rings. The number of aliphatic hydroxyl groups is 12. The third-order valence-corrected chi connectivity index (χ3v) is 16.7. The number of carbonyl (C=O) groups is 5. The van der Waals surface area contributed by atoms with Crippen LogP contribution in [0.15, 0.2) is 121 Å². The van der Waals surface area contributed by atoms with Gasteiger partial charge < -0.3 is 153 Å². The van der Waals surface area contributed by atoms with E-state index >= 15 is 0 Å². The van der Waals surface area contributed by atoms with Crippen LogP contribution in [-0.2, 0) is 73.0 Å². The minimum Gasteiger partial charge on any atom is -0.508 e. The molecule has 5 aliphatic rings. The van der Waals surface area contributed by atoms with Crippen molar-refractivity contribution in [2.75, 3.05) is 26.4 Å². The molecule has 0 amide bonds. The normalized spacial score (nSPS) is 29.7. The fourth-order valence-electron chi connectivity index (χ4n) is 10.9. The van der Waals surface area contributed by atoms with Crippen LogP contribution in [0.4, 0.5) is 0 Å². The maximum absolute atomic E-state index is 13.1. The van der Waals surface area contributed by atoms with Gasteiger partial charge >= 0.3 is 29.8 Å². The lowest BCUT2D eigenvalue weighted by atomic mass is 9.98. The average Bonchev–Trinajstić information content (AvgIpc) is 0.787. The van der Waals surface area contributed by atoms with Crippen molar-refractivity contribution in [3.05, 3.63) is 149 Å². The summed E-state index contributed by atoms with van der Waals surface area (Å²) in [5.41, 5.74) is 0.929. The zero-order valence-electron chi connectivity index (χ0n) is 54.4. The van der Waals surface area contributed by atoms with E-state index in [-0.39, 0.29) is 51.2 Å². The van der Waals surface area contributed by atoms with Gasteiger partial charge in [-0.2, -0.15) is 0 Å². The number of allylic oxidation sites excluding steroid dienone is 1. The number of hydrogen-bond donors (Lipinski definition) is 18. The summed E-state index contributed by atoms with van der Waals surface area (Å²) in [5.74, 6) is -9.94. The molecule has 105 heavy (non-hydrogen) atoms. The summed E-state index contributed by atoms with van der Waals surface area (Å²) in [6.45, 7) is -3.02. The minimum atomic E-state index is -2.12. The second-order valence-electron chi connectivity index (χ2n) is 24.2. The second-order valence-corrected chi connectivity index (χ2v) is 24.2. The fraction of sp³-hybridized carbons (Fsp3) is 0.377. The van der Waals surface area contributed by atoms with Gasteiger partial charge in [0.1, 0.15) is 165 Å². The number of benzene rings is 5. The van der Waals surface area contributed by atoms with E-state index in [1.54, 1.807) is 0 Å². The molecule has 0 radical (unpaired) electrons. The number of carboxylic acids is 1. The van der Waals surface area contributed by atoms with Gasteiger partial charge in [0.25, 0.3) is 0 Å². The minimum absolute atomic E-state index is 0.00588. The number of esters is 4. The Labute approximate surface area is 592 Å². The number of ether oxygens (including phenoxy) is 13. The predicted octanol–water partition coefficient (Wildman–Crippen LogP) is -2.31. The van der Waals surface area contributed by atoms with Gasteiger partial charge in [0.2, 0.25) is 25.2 Å². The SMILES string of the molecule is O=C(O)CC(=O)OCC1OC(OC2=C(c3ccc(O)c(OC4OC(COC(=O)C=Cc5ccc(OC6OC(COC(=O)C=Cc7ccc(O)cc7)C(O)C(O)C6O)c(O)c5)C(O)C(O)C4O)c3)Oc3cc(OC4OC(COC(=O)C=Cc5ccc(O)cc5)C(O)C(O)C4O)cc(O)c3C2)C(O)C(O)C1O. The first kappa shape index (κ1) is 77.4. The lowest BCUT2D eigenvalue weighted by Crippen LogP contribution is -2.60. The lowest BCUT2D eigenvalue weighted by Gasteiger charge is -2.41. The van der Waals surface area contributed by atoms with E-state index in [4.69, 9.17) is 66.7 Å². The maximum Gasteiger partial charge on any atom is 0.330 e. The third-order valence-electron chi connectivity index (χ3n) is 16.7. The van der Waals surface area contributed by atoms with Gasteiger partial charge in [0, 0.05) is 47.9 Å². The van der Waals surface area contributed by atoms with Crippen LogP contribution in [0.1, 0.15) is 34.2 Å². The molecule has 0 aliphatic carbocycles. The summed E-state index contributed by atoms with van der Waals surface area (Å²) < 4.78 is 73.2. The molecule has 0 bridgehead atoms. The predicted molar refractivity (Wildman–Crippen MR) is 345 cm³/mol. The molecule has 0 saturated carbocycles. The number of phenols is 5. The van der Waals surface area contributed by atoms with Gasteiger partial charge in [0.05, 0.1) is 0 Å². The largest absolute Gasteiger partial charge is 0.508 e. The molecule has 0 aromatic heterocycles. The van der Waals surface area contributed by atoms with Crippen LogP contribution < -0.4 is 18.9 Å². The number of phenolic OH excluding ortho intramolecular Hbond substituents is 5. The molecule has 10 rings (SSSR count). The number of aliphatic hydroxyl groups excluding tert-OH is 12. The van der Waals surface area contributed by atoms with Crippen LogP contribution in [0.25, 0.3) is 24.0 Å². The molecule has 20 atom stereocenters. The topological polar surface area (TPSA) is 569 Å². The van der Waals surface area contributed by atoms with Crippen LogP contribution >= 0.6 is 0 Å². The monoisotopic (exact) mass is 1480 g/mol. The van der Waals surface area contributed by atoms with Gasteiger partial charge in [-0.05, 0) is 89.5 Å². The summed E-state index contributed by atoms with van der Waals surface area (Å²) in [6, 6.07) is 20.6. The molecule has 5 aromatic carbocycles. The Morgan fingerprint density at radius 3 is 1.26 bits per heavy atom. The zero-order chi connectivity index (χ0) is 75.7. The lowest BCUT2D eigenvalue weighted by molar-refractivity contribution is -0.292. The first-order valence-electron chi connectivity index (χ1n) is 31.9. The summed E-state index contributed by atoms with van der Waals surface area (Å²) in [6.07, 6.45) is -32.4. The second kappa shape index (κ2) is 34.1. The number of fused-ring (bicyclic) bond motifs is 1. The Kier molecular flexibility index (Phi) is 25.2. The van der Waals surface area contributed by atoms with Crippen LogP contribution in [-0.4, -0.2) is 271 Å². The highest BCUT2D eigenvalue weighted by atomic mass is 16.7. The molecule has 36 heteroatoms. The van der Waals surface area contributed by atoms with E-state index in [0.717, 1.165) is 54.6 Å². The van der Waals surface area contributed by atoms with Crippen LogP contribution in [0.2, 0.25) is 0 Å². The van der Waals surface area contributed by atoms with Gasteiger partial charge in [-0.25, -0.2) is 14.4 Å². The van der Waals surface area contributed by atoms with Crippen molar-refractivity contribution in [3.63, 3.8) is 0 Å². The van der Waals surface area contributed by atoms with Crippen molar-refractivity contribution < 1.29 is 177 Å². The molecule has 5 aromatic rings. The summed E-state index contributed by atoms with van der Waals surface area (Å²) >= 11 is 0. The highest BCUT2D eigenvalue weighted by Crippen LogP contribution is 2.45. The number of rotatable bonds is 25. The average molecular weight is 1480 g/mol. The van der Waals surface area contributed by atoms with Gasteiger partial charge in [-0.1, -0.05) is 30.3 Å². The van der Waals surface area contributed by atoms with E-state index in [0.29, 0.717) is 11.1 Å². The molecule has 5 aliphatic heterocycles. The zero-order valence-corrected chi connectivity index (χ0v) is 54.4. The van der Waals surface area contributed by atoms with Gasteiger partial charge in [-0.3, -0.25) is 9.59 Å². The van der Waals surface area contributed by atoms with Gasteiger partial charge in [-0.15, -0.1) is 0 Å². The number of hydrogen-bond acceptors (Lipinski definition) is 35. The Bertz CT molecular complexity index is 4030. The molecule has 18 N–H and O–H groups in total. The molecule has 20 unspecified atom stereocenters. The highest BCUT2D eigenvalue weighted by molar-refractivity contribution is 5.90. The molecule has 36 nitrogen and oxygen atoms in total. The number of carboxylic acid groups (broad SMARTS) is 1. The first-order valence-corrected chi connectivity index (χ1v) is 31.9. The van der Waals surface area contributed by atoms with Crippen LogP contribution in [0.3, 0.4) is 0 Å². The Balaban J connectivity index is 0.817. The third kappa shape index (κ3) is 19.2. The smallest absolute Gasteiger partial charge is 0.330 e. The van der Waals surface area contributed by atoms with Crippen molar-refractivity contribution in [2.24, 2.45) is 0 Å². The number of aromatic hydroxyl groups is 5. The molecule has 0 spiro atoms. The van der Waals surface area contributed by atoms with E-state index in [9.17, 15) is 111 Å².